The Kier molecular flexibility index (Phi) is 3.78. The van der Waals surface area contributed by atoms with E-state index in [0.29, 0.717) is 6.07 Å². The summed E-state index contributed by atoms with van der Waals surface area (Å²) < 4.78 is 40.0. The van der Waals surface area contributed by atoms with Crippen molar-refractivity contribution in [3.63, 3.8) is 0 Å². The minimum atomic E-state index is -4.96. The lowest BCUT2D eigenvalue weighted by atomic mass is 10.0. The van der Waals surface area contributed by atoms with E-state index in [9.17, 15) is 18.0 Å². The number of carbonyl (C=O) groups is 1. The van der Waals surface area contributed by atoms with Gasteiger partial charge in [-0.3, -0.25) is 0 Å². The van der Waals surface area contributed by atoms with E-state index in [2.05, 4.69) is 4.74 Å². The van der Waals surface area contributed by atoms with Crippen molar-refractivity contribution >= 4 is 5.97 Å². The lowest BCUT2D eigenvalue weighted by Gasteiger charge is -2.13. The summed E-state index contributed by atoms with van der Waals surface area (Å²) in [5.74, 6) is -2.25. The minimum Gasteiger partial charge on any atom is -0.478 e. The summed E-state index contributed by atoms with van der Waals surface area (Å²) in [7, 11) is 0. The Bertz CT molecular complexity index is 520. The first-order chi connectivity index (χ1) is 8.28. The average molecular weight is 260 g/mol. The molecule has 18 heavy (non-hydrogen) atoms. The fraction of sp³-hybridized carbons (Fsp3) is 0.200. The number of aromatic carboxylic acids is 1. The summed E-state index contributed by atoms with van der Waals surface area (Å²) >= 11 is 0. The minimum absolute atomic E-state index is 0.103. The molecule has 0 unspecified atom stereocenters. The Balaban J connectivity index is 3.38. The molecule has 96 valence electrons. The second-order valence-corrected chi connectivity index (χ2v) is 3.17. The van der Waals surface area contributed by atoms with E-state index in [1.165, 1.54) is 0 Å². The van der Waals surface area contributed by atoms with Crippen LogP contribution in [0, 0.1) is 11.3 Å². The second kappa shape index (κ2) is 4.93. The highest BCUT2D eigenvalue weighted by atomic mass is 19.4. The molecule has 0 saturated carbocycles. The van der Waals surface area contributed by atoms with Crippen LogP contribution in [0.1, 0.15) is 21.5 Å². The summed E-state index contributed by atoms with van der Waals surface area (Å²) in [6.07, 6.45) is -4.96. The third-order valence-electron chi connectivity index (χ3n) is 2.00. The van der Waals surface area contributed by atoms with Gasteiger partial charge in [0, 0.05) is 12.1 Å². The smallest absolute Gasteiger partial charge is 0.478 e. The van der Waals surface area contributed by atoms with Crippen molar-refractivity contribution in [3.05, 3.63) is 28.8 Å². The Morgan fingerprint density at radius 2 is 2.11 bits per heavy atom. The number of alkyl halides is 3. The fourth-order valence-electron chi connectivity index (χ4n) is 1.27. The maximum absolute atomic E-state index is 12.1. The zero-order valence-corrected chi connectivity index (χ0v) is 8.78. The number of hydrogen-bond donors (Lipinski definition) is 2. The van der Waals surface area contributed by atoms with Crippen LogP contribution in [-0.2, 0) is 6.54 Å². The van der Waals surface area contributed by atoms with E-state index in [1.54, 1.807) is 6.07 Å². The lowest BCUT2D eigenvalue weighted by molar-refractivity contribution is -0.274. The third kappa shape index (κ3) is 3.11. The first kappa shape index (κ1) is 13.8. The number of halogens is 3. The molecular weight excluding hydrogens is 253 g/mol. The van der Waals surface area contributed by atoms with E-state index < -0.39 is 23.6 Å². The third-order valence-corrected chi connectivity index (χ3v) is 2.00. The number of nitriles is 1. The van der Waals surface area contributed by atoms with Crippen LogP contribution in [-0.4, -0.2) is 17.4 Å². The highest BCUT2D eigenvalue weighted by Gasteiger charge is 2.32. The summed E-state index contributed by atoms with van der Waals surface area (Å²) in [5, 5.41) is 17.5. The number of carboxylic acid groups (broad SMARTS) is 1. The number of nitrogens with two attached hydrogens (primary N) is 1. The molecule has 3 N–H and O–H groups in total. The van der Waals surface area contributed by atoms with Crippen molar-refractivity contribution < 1.29 is 27.8 Å². The van der Waals surface area contributed by atoms with Crippen LogP contribution in [0.4, 0.5) is 13.2 Å². The van der Waals surface area contributed by atoms with Crippen molar-refractivity contribution in [3.8, 4) is 11.8 Å². The van der Waals surface area contributed by atoms with Gasteiger partial charge < -0.3 is 15.6 Å². The van der Waals surface area contributed by atoms with Crippen LogP contribution in [0.15, 0.2) is 12.1 Å². The van der Waals surface area contributed by atoms with Crippen LogP contribution in [0.25, 0.3) is 0 Å². The maximum Gasteiger partial charge on any atom is 0.573 e. The van der Waals surface area contributed by atoms with Crippen LogP contribution >= 0.6 is 0 Å². The van der Waals surface area contributed by atoms with E-state index in [0.717, 1.165) is 6.07 Å². The molecule has 0 amide bonds. The molecule has 5 nitrogen and oxygen atoms in total. The largest absolute Gasteiger partial charge is 0.573 e. The molecule has 1 aromatic carbocycles. The topological polar surface area (TPSA) is 96.3 Å². The summed E-state index contributed by atoms with van der Waals surface area (Å²) in [4.78, 5) is 10.8. The van der Waals surface area contributed by atoms with Crippen LogP contribution < -0.4 is 10.5 Å². The number of nitrogens with zero attached hydrogens (tertiary/aromatic N) is 1. The molecule has 0 aromatic heterocycles. The standard InChI is InChI=1S/C10H7F3N2O3/c11-10(12,13)18-8-2-7(9(16)17)5(3-14)1-6(8)4-15/h1-2H,4,15H2,(H,16,17). The number of benzene rings is 1. The molecule has 0 saturated heterocycles. The lowest BCUT2D eigenvalue weighted by Crippen LogP contribution is -2.19. The predicted octanol–water partition coefficient (Wildman–Crippen LogP) is 1.61. The van der Waals surface area contributed by atoms with Gasteiger partial charge in [-0.1, -0.05) is 0 Å². The normalized spacial score (nSPS) is 10.8. The van der Waals surface area contributed by atoms with Crippen molar-refractivity contribution in [2.45, 2.75) is 12.9 Å². The molecule has 0 bridgehead atoms. The molecule has 0 aliphatic rings. The Morgan fingerprint density at radius 1 is 1.50 bits per heavy atom. The number of hydrogen-bond acceptors (Lipinski definition) is 4. The summed E-state index contributed by atoms with van der Waals surface area (Å²) in [5.41, 5.74) is 4.26. The fourth-order valence-corrected chi connectivity index (χ4v) is 1.27. The molecule has 0 radical (unpaired) electrons. The van der Waals surface area contributed by atoms with Crippen molar-refractivity contribution in [1.29, 1.82) is 5.26 Å². The van der Waals surface area contributed by atoms with Crippen LogP contribution in [0.5, 0.6) is 5.75 Å². The number of carboxylic acids is 1. The molecule has 1 aromatic rings. The number of rotatable bonds is 3. The van der Waals surface area contributed by atoms with Gasteiger partial charge in [0.1, 0.15) is 11.8 Å². The Morgan fingerprint density at radius 3 is 2.50 bits per heavy atom. The van der Waals surface area contributed by atoms with E-state index in [1.807, 2.05) is 0 Å². The van der Waals surface area contributed by atoms with E-state index in [-0.39, 0.29) is 17.7 Å². The zero-order valence-electron chi connectivity index (χ0n) is 8.78. The van der Waals surface area contributed by atoms with Gasteiger partial charge >= 0.3 is 12.3 Å². The van der Waals surface area contributed by atoms with E-state index >= 15 is 0 Å². The van der Waals surface area contributed by atoms with Crippen molar-refractivity contribution in [1.82, 2.24) is 0 Å². The first-order valence-corrected chi connectivity index (χ1v) is 4.54. The summed E-state index contributed by atoms with van der Waals surface area (Å²) in [6, 6.07) is 3.17. The average Bonchev–Trinajstić information content (AvgIpc) is 2.26. The monoisotopic (exact) mass is 260 g/mol. The van der Waals surface area contributed by atoms with Gasteiger partial charge in [0.05, 0.1) is 11.1 Å². The van der Waals surface area contributed by atoms with Crippen molar-refractivity contribution in [2.24, 2.45) is 5.73 Å². The van der Waals surface area contributed by atoms with Gasteiger partial charge in [0.2, 0.25) is 0 Å². The zero-order chi connectivity index (χ0) is 13.9. The van der Waals surface area contributed by atoms with Gasteiger partial charge in [0.15, 0.2) is 0 Å². The SMILES string of the molecule is N#Cc1cc(CN)c(OC(F)(F)F)cc1C(=O)O. The molecule has 1 rings (SSSR count). The quantitative estimate of drug-likeness (QED) is 0.860. The summed E-state index contributed by atoms with van der Waals surface area (Å²) in [6.45, 7) is -0.319. The van der Waals surface area contributed by atoms with Crippen LogP contribution in [0.3, 0.4) is 0 Å². The van der Waals surface area contributed by atoms with Gasteiger partial charge in [-0.2, -0.15) is 5.26 Å². The highest BCUT2D eigenvalue weighted by Crippen LogP contribution is 2.29. The van der Waals surface area contributed by atoms with Gasteiger partial charge in [-0.05, 0) is 12.1 Å². The van der Waals surface area contributed by atoms with Gasteiger partial charge in [0.25, 0.3) is 0 Å². The highest BCUT2D eigenvalue weighted by molar-refractivity contribution is 5.91. The molecular formula is C10H7F3N2O3. The molecule has 0 aliphatic heterocycles. The molecule has 0 fully saturated rings. The van der Waals surface area contributed by atoms with E-state index in [4.69, 9.17) is 16.1 Å². The Labute approximate surface area is 99.2 Å². The predicted molar refractivity (Wildman–Crippen MR) is 52.7 cm³/mol. The van der Waals surface area contributed by atoms with Gasteiger partial charge in [-0.25, -0.2) is 4.79 Å². The molecule has 0 spiro atoms. The molecule has 0 atom stereocenters. The number of ether oxygens (including phenoxy) is 1. The molecule has 8 heteroatoms. The maximum atomic E-state index is 12.1. The Hall–Kier alpha value is -2.27. The second-order valence-electron chi connectivity index (χ2n) is 3.17. The molecule has 0 heterocycles. The first-order valence-electron chi connectivity index (χ1n) is 4.54. The van der Waals surface area contributed by atoms with Crippen molar-refractivity contribution in [2.75, 3.05) is 0 Å². The van der Waals surface area contributed by atoms with Gasteiger partial charge in [-0.15, -0.1) is 13.2 Å². The van der Waals surface area contributed by atoms with Crippen LogP contribution in [0.2, 0.25) is 0 Å². The molecule has 0 aliphatic carbocycles.